The SMILES string of the molecule is Cc1ccc(OCCC(=O)NCC(C)O)c(C)c1. The molecular formula is C14H21NO3. The van der Waals surface area contributed by atoms with Crippen LogP contribution in [-0.4, -0.2) is 30.3 Å². The van der Waals surface area contributed by atoms with Crippen molar-refractivity contribution in [3.63, 3.8) is 0 Å². The van der Waals surface area contributed by atoms with Crippen molar-refractivity contribution in [1.82, 2.24) is 5.32 Å². The van der Waals surface area contributed by atoms with Crippen molar-refractivity contribution in [3.8, 4) is 5.75 Å². The van der Waals surface area contributed by atoms with Crippen molar-refractivity contribution in [1.29, 1.82) is 0 Å². The fraction of sp³-hybridized carbons (Fsp3) is 0.500. The molecule has 4 nitrogen and oxygen atoms in total. The van der Waals surface area contributed by atoms with Gasteiger partial charge in [-0.1, -0.05) is 17.7 Å². The van der Waals surface area contributed by atoms with Gasteiger partial charge >= 0.3 is 0 Å². The fourth-order valence-electron chi connectivity index (χ4n) is 1.56. The van der Waals surface area contributed by atoms with E-state index in [9.17, 15) is 4.79 Å². The minimum absolute atomic E-state index is 0.110. The molecule has 0 fully saturated rings. The van der Waals surface area contributed by atoms with Crippen molar-refractivity contribution in [2.45, 2.75) is 33.3 Å². The fourth-order valence-corrected chi connectivity index (χ4v) is 1.56. The van der Waals surface area contributed by atoms with Crippen molar-refractivity contribution in [2.24, 2.45) is 0 Å². The van der Waals surface area contributed by atoms with Gasteiger partial charge in [-0.05, 0) is 32.4 Å². The molecule has 1 unspecified atom stereocenters. The topological polar surface area (TPSA) is 58.6 Å². The van der Waals surface area contributed by atoms with Gasteiger partial charge in [-0.3, -0.25) is 4.79 Å². The van der Waals surface area contributed by atoms with Gasteiger partial charge in [0.1, 0.15) is 5.75 Å². The number of ether oxygens (including phenoxy) is 1. The van der Waals surface area contributed by atoms with Gasteiger partial charge in [-0.2, -0.15) is 0 Å². The molecule has 1 amide bonds. The number of aryl methyl sites for hydroxylation is 2. The molecular weight excluding hydrogens is 230 g/mol. The summed E-state index contributed by atoms with van der Waals surface area (Å²) in [5, 5.41) is 11.6. The second kappa shape index (κ2) is 7.01. The lowest BCUT2D eigenvalue weighted by molar-refractivity contribution is -0.122. The molecule has 0 heterocycles. The molecule has 0 aliphatic rings. The Kier molecular flexibility index (Phi) is 5.65. The molecule has 0 aliphatic carbocycles. The minimum Gasteiger partial charge on any atom is -0.493 e. The van der Waals surface area contributed by atoms with Crippen LogP contribution < -0.4 is 10.1 Å². The highest BCUT2D eigenvalue weighted by Gasteiger charge is 2.04. The third-order valence-electron chi connectivity index (χ3n) is 2.51. The Labute approximate surface area is 108 Å². The highest BCUT2D eigenvalue weighted by Crippen LogP contribution is 2.18. The predicted molar refractivity (Wildman–Crippen MR) is 70.7 cm³/mol. The molecule has 2 N–H and O–H groups in total. The molecule has 4 heteroatoms. The first kappa shape index (κ1) is 14.5. The van der Waals surface area contributed by atoms with E-state index in [2.05, 4.69) is 5.32 Å². The van der Waals surface area contributed by atoms with E-state index in [1.54, 1.807) is 6.92 Å². The van der Waals surface area contributed by atoms with Gasteiger partial charge in [0.15, 0.2) is 0 Å². The molecule has 1 atom stereocenters. The highest BCUT2D eigenvalue weighted by atomic mass is 16.5. The molecule has 0 spiro atoms. The summed E-state index contributed by atoms with van der Waals surface area (Å²) in [7, 11) is 0. The lowest BCUT2D eigenvalue weighted by Gasteiger charge is -2.10. The quantitative estimate of drug-likeness (QED) is 0.807. The molecule has 0 saturated carbocycles. The van der Waals surface area contributed by atoms with Crippen LogP contribution in [0.15, 0.2) is 18.2 Å². The summed E-state index contributed by atoms with van der Waals surface area (Å²) < 4.78 is 5.55. The summed E-state index contributed by atoms with van der Waals surface area (Å²) >= 11 is 0. The van der Waals surface area contributed by atoms with Crippen LogP contribution in [0.2, 0.25) is 0 Å². The smallest absolute Gasteiger partial charge is 0.223 e. The molecule has 0 bridgehead atoms. The Balaban J connectivity index is 2.31. The Morgan fingerprint density at radius 1 is 1.44 bits per heavy atom. The van der Waals surface area contributed by atoms with Gasteiger partial charge < -0.3 is 15.2 Å². The first-order valence-electron chi connectivity index (χ1n) is 6.14. The predicted octanol–water partition coefficient (Wildman–Crippen LogP) is 1.57. The van der Waals surface area contributed by atoms with Crippen LogP contribution in [0.4, 0.5) is 0 Å². The van der Waals surface area contributed by atoms with Crippen molar-refractivity contribution in [3.05, 3.63) is 29.3 Å². The third kappa shape index (κ3) is 5.19. The summed E-state index contributed by atoms with van der Waals surface area (Å²) in [6, 6.07) is 5.94. The molecule has 0 aliphatic heterocycles. The van der Waals surface area contributed by atoms with E-state index >= 15 is 0 Å². The Morgan fingerprint density at radius 2 is 2.17 bits per heavy atom. The molecule has 0 radical (unpaired) electrons. The number of nitrogens with one attached hydrogen (secondary N) is 1. The number of amides is 1. The van der Waals surface area contributed by atoms with Gasteiger partial charge in [0.05, 0.1) is 19.1 Å². The standard InChI is InChI=1S/C14H21NO3/c1-10-4-5-13(11(2)8-10)18-7-6-14(17)15-9-12(3)16/h4-5,8,12,16H,6-7,9H2,1-3H3,(H,15,17). The van der Waals surface area contributed by atoms with E-state index in [0.29, 0.717) is 13.0 Å². The Morgan fingerprint density at radius 3 is 2.78 bits per heavy atom. The number of aliphatic hydroxyl groups is 1. The zero-order valence-corrected chi connectivity index (χ0v) is 11.2. The van der Waals surface area contributed by atoms with E-state index in [-0.39, 0.29) is 12.5 Å². The van der Waals surface area contributed by atoms with Crippen LogP contribution in [0.5, 0.6) is 5.75 Å². The summed E-state index contributed by atoms with van der Waals surface area (Å²) in [6.07, 6.45) is -0.228. The number of aliphatic hydroxyl groups excluding tert-OH is 1. The van der Waals surface area contributed by atoms with Crippen LogP contribution in [0.25, 0.3) is 0 Å². The Hall–Kier alpha value is -1.55. The minimum atomic E-state index is -0.519. The molecule has 18 heavy (non-hydrogen) atoms. The van der Waals surface area contributed by atoms with E-state index in [0.717, 1.165) is 11.3 Å². The molecule has 1 aromatic carbocycles. The van der Waals surface area contributed by atoms with Gasteiger partial charge in [-0.25, -0.2) is 0 Å². The highest BCUT2D eigenvalue weighted by molar-refractivity contribution is 5.76. The van der Waals surface area contributed by atoms with Crippen molar-refractivity contribution in [2.75, 3.05) is 13.2 Å². The zero-order chi connectivity index (χ0) is 13.5. The van der Waals surface area contributed by atoms with E-state index in [1.807, 2.05) is 32.0 Å². The average Bonchev–Trinajstić information content (AvgIpc) is 2.29. The largest absolute Gasteiger partial charge is 0.493 e. The normalized spacial score (nSPS) is 12.0. The van der Waals surface area contributed by atoms with Crippen LogP contribution in [0.1, 0.15) is 24.5 Å². The third-order valence-corrected chi connectivity index (χ3v) is 2.51. The number of hydrogen-bond donors (Lipinski definition) is 2. The molecule has 1 aromatic rings. The summed E-state index contributed by atoms with van der Waals surface area (Å²) in [5.41, 5.74) is 2.26. The molecule has 100 valence electrons. The van der Waals surface area contributed by atoms with Gasteiger partial charge in [-0.15, -0.1) is 0 Å². The zero-order valence-electron chi connectivity index (χ0n) is 11.2. The second-order valence-electron chi connectivity index (χ2n) is 4.52. The monoisotopic (exact) mass is 251 g/mol. The molecule has 1 rings (SSSR count). The van der Waals surface area contributed by atoms with E-state index in [4.69, 9.17) is 9.84 Å². The number of hydrogen-bond acceptors (Lipinski definition) is 3. The molecule has 0 saturated heterocycles. The number of benzene rings is 1. The maximum atomic E-state index is 11.4. The second-order valence-corrected chi connectivity index (χ2v) is 4.52. The van der Waals surface area contributed by atoms with Gasteiger partial charge in [0.25, 0.3) is 0 Å². The van der Waals surface area contributed by atoms with Gasteiger partial charge in [0.2, 0.25) is 5.91 Å². The van der Waals surface area contributed by atoms with Crippen molar-refractivity contribution < 1.29 is 14.6 Å². The van der Waals surface area contributed by atoms with E-state index < -0.39 is 6.10 Å². The Bertz CT molecular complexity index is 402. The lowest BCUT2D eigenvalue weighted by atomic mass is 10.1. The number of carbonyl (C=O) groups is 1. The van der Waals surface area contributed by atoms with Gasteiger partial charge in [0, 0.05) is 6.54 Å². The summed E-state index contributed by atoms with van der Waals surface area (Å²) in [6.45, 7) is 6.26. The van der Waals surface area contributed by atoms with E-state index in [1.165, 1.54) is 5.56 Å². The first-order chi connectivity index (χ1) is 8.49. The van der Waals surface area contributed by atoms with Crippen LogP contribution in [0.3, 0.4) is 0 Å². The molecule has 0 aromatic heterocycles. The lowest BCUT2D eigenvalue weighted by Crippen LogP contribution is -2.31. The van der Waals surface area contributed by atoms with Crippen LogP contribution >= 0.6 is 0 Å². The number of rotatable bonds is 6. The number of carbonyl (C=O) groups excluding carboxylic acids is 1. The van der Waals surface area contributed by atoms with Crippen LogP contribution in [-0.2, 0) is 4.79 Å². The summed E-state index contributed by atoms with van der Waals surface area (Å²) in [4.78, 5) is 11.4. The first-order valence-corrected chi connectivity index (χ1v) is 6.14. The maximum absolute atomic E-state index is 11.4. The van der Waals surface area contributed by atoms with Crippen LogP contribution in [0, 0.1) is 13.8 Å². The van der Waals surface area contributed by atoms with Crippen molar-refractivity contribution >= 4 is 5.91 Å². The maximum Gasteiger partial charge on any atom is 0.223 e. The summed E-state index contributed by atoms with van der Waals surface area (Å²) in [5.74, 6) is 0.699. The average molecular weight is 251 g/mol.